The molecule has 112 valence electrons. The van der Waals surface area contributed by atoms with Crippen LogP contribution in [0.1, 0.15) is 27.6 Å². The van der Waals surface area contributed by atoms with Crippen LogP contribution in [0.3, 0.4) is 0 Å². The second-order valence-corrected chi connectivity index (χ2v) is 4.42. The van der Waals surface area contributed by atoms with Gasteiger partial charge in [0.15, 0.2) is 2.82 Å². The number of fused-ring (bicyclic) bond motifs is 1. The predicted molar refractivity (Wildman–Crippen MR) is 82.5 cm³/mol. The third kappa shape index (κ3) is 3.19. The summed E-state index contributed by atoms with van der Waals surface area (Å²) in [6.45, 7) is -8.13. The lowest BCUT2D eigenvalue weighted by atomic mass is 10.0. The molecule has 5 nitrogen and oxygen atoms in total. The van der Waals surface area contributed by atoms with E-state index in [2.05, 4.69) is 4.74 Å². The molecule has 2 heterocycles. The van der Waals surface area contributed by atoms with Crippen LogP contribution in [-0.4, -0.2) is 49.1 Å². The van der Waals surface area contributed by atoms with Crippen LogP contribution in [0.15, 0.2) is 24.3 Å². The fourth-order valence-electron chi connectivity index (χ4n) is 1.94. The van der Waals surface area contributed by atoms with Crippen molar-refractivity contribution in [2.45, 2.75) is 18.8 Å². The number of aromatic amines is 1. The maximum atomic E-state index is 11.6. The number of H-pyrrole nitrogens is 1. The van der Waals surface area contributed by atoms with E-state index in [1.165, 1.54) is 0 Å². The molecule has 1 amide bonds. The number of hydrogen-bond donors (Lipinski definition) is 2. The van der Waals surface area contributed by atoms with Crippen LogP contribution in [0.25, 0.3) is 10.9 Å². The number of benzene rings is 1. The van der Waals surface area contributed by atoms with Crippen molar-refractivity contribution in [3.05, 3.63) is 35.5 Å². The Morgan fingerprint density at radius 3 is 3.33 bits per heavy atom. The molecule has 0 aliphatic carbocycles. The van der Waals surface area contributed by atoms with E-state index in [4.69, 9.17) is 19.3 Å². The standard InChI is InChI=1S/C16H21N3O2/c1-19(2)6-5-12-9-17-15-4-3-11(8-14(12)15)7-13-10-21-16(20)18-13/h3-4,8-9,13,17H,5-7,10H2,1-2H3,(H,18,20)/t13-/m0/s1/i1D3,2D3,3D,4D,5D2,8D,13D/hD2. The summed E-state index contributed by atoms with van der Waals surface area (Å²) < 4.78 is 116. The average Bonchev–Trinajstić information content (AvgIpc) is 3.19. The van der Waals surface area contributed by atoms with Crippen LogP contribution in [0.2, 0.25) is 2.82 Å². The first kappa shape index (κ1) is 5.02. The Morgan fingerprint density at radius 1 is 1.67 bits per heavy atom. The van der Waals surface area contributed by atoms with Crippen molar-refractivity contribution in [2.24, 2.45) is 0 Å². The van der Waals surface area contributed by atoms with Gasteiger partial charge < -0.3 is 19.9 Å². The van der Waals surface area contributed by atoms with Crippen LogP contribution in [-0.2, 0) is 17.5 Å². The van der Waals surface area contributed by atoms with Gasteiger partial charge in [-0.3, -0.25) is 0 Å². The van der Waals surface area contributed by atoms with Crippen LogP contribution < -0.4 is 5.31 Å². The second kappa shape index (κ2) is 5.77. The van der Waals surface area contributed by atoms with Crippen molar-refractivity contribution >= 4 is 17.0 Å². The van der Waals surface area contributed by atoms with Gasteiger partial charge in [-0.2, -0.15) is 0 Å². The fourth-order valence-corrected chi connectivity index (χ4v) is 1.94. The number of alkyl carbamates (subject to hydrolysis) is 1. The summed E-state index contributed by atoms with van der Waals surface area (Å²) in [7, 11) is 0. The molecule has 1 saturated heterocycles. The van der Waals surface area contributed by atoms with Gasteiger partial charge in [-0.15, -0.1) is 0 Å². The SMILES string of the molecule is [2H]c1c(C[C@@]2([2H])COC(=O)N2[2H])c([2H])c2c(C([2H])([2H])CN(C([2H])([2H])[2H])C([2H])([2H])[2H])cn([2H])c2c1[2H]. The van der Waals surface area contributed by atoms with Crippen molar-refractivity contribution in [2.75, 3.05) is 27.1 Å². The molecular formula is C16H21N3O2. The van der Waals surface area contributed by atoms with E-state index in [-0.39, 0.29) is 26.7 Å². The number of aromatic nitrogens is 1. The molecule has 0 unspecified atom stereocenters. The maximum absolute atomic E-state index is 11.6. The van der Waals surface area contributed by atoms with Gasteiger partial charge in [-0.1, -0.05) is 6.04 Å². The fraction of sp³-hybridized carbons (Fsp3) is 0.438. The van der Waals surface area contributed by atoms with Gasteiger partial charge in [0.2, 0.25) is 0 Å². The number of nitrogens with zero attached hydrogens (tertiary/aromatic N) is 1. The minimum Gasteiger partial charge on any atom is -0.447 e. The average molecular weight is 301 g/mol. The first-order valence-corrected chi connectivity index (χ1v) is 6.09. The highest BCUT2D eigenvalue weighted by molar-refractivity contribution is 5.84. The quantitative estimate of drug-likeness (QED) is 0.887. The Bertz CT molecular complexity index is 1160. The zero-order valence-corrected chi connectivity index (χ0v) is 10.9. The number of carbonyl (C=O) groups excluding carboxylic acids is 1. The van der Waals surface area contributed by atoms with Crippen LogP contribution in [0, 0.1) is 0 Å². The van der Waals surface area contributed by atoms with E-state index in [1.807, 2.05) is 0 Å². The highest BCUT2D eigenvalue weighted by atomic mass is 16.6. The summed E-state index contributed by atoms with van der Waals surface area (Å²) in [5.41, 5.74) is -1.10. The minimum atomic E-state index is -3.20. The van der Waals surface area contributed by atoms with Crippen molar-refractivity contribution in [1.29, 1.82) is 0 Å². The molecule has 3 rings (SSSR count). The summed E-state index contributed by atoms with van der Waals surface area (Å²) in [4.78, 5) is 12.1. The largest absolute Gasteiger partial charge is 0.447 e. The highest BCUT2D eigenvalue weighted by Crippen LogP contribution is 2.21. The molecule has 1 aliphatic rings. The number of ether oxygens (including phenoxy) is 1. The number of carbonyl (C=O) groups is 1. The van der Waals surface area contributed by atoms with E-state index in [1.54, 1.807) is 0 Å². The number of likely N-dealkylation sites (N-methyl/N-ethyl adjacent to an activating group) is 1. The lowest BCUT2D eigenvalue weighted by Gasteiger charge is -2.09. The Kier molecular flexibility index (Phi) is 1.38. The first-order valence-electron chi connectivity index (χ1n) is 13.0. The molecule has 1 atom stereocenters. The molecule has 1 aliphatic heterocycles. The summed E-state index contributed by atoms with van der Waals surface area (Å²) >= 11 is 0. The molecule has 2 N–H and O–H groups in total. The van der Waals surface area contributed by atoms with Crippen molar-refractivity contribution in [1.82, 2.24) is 15.2 Å². The topological polar surface area (TPSA) is 57.4 Å². The molecule has 21 heavy (non-hydrogen) atoms. The highest BCUT2D eigenvalue weighted by Gasteiger charge is 2.22. The van der Waals surface area contributed by atoms with E-state index in [0.717, 1.165) is 6.20 Å². The zero-order valence-electron chi connectivity index (χ0n) is 24.9. The first-order chi connectivity index (χ1) is 15.7. The van der Waals surface area contributed by atoms with E-state index in [9.17, 15) is 4.79 Å². The van der Waals surface area contributed by atoms with Gasteiger partial charge in [0, 0.05) is 34.6 Å². The summed E-state index contributed by atoms with van der Waals surface area (Å²) in [6.07, 6.45) is -3.59. The third-order valence-electron chi connectivity index (χ3n) is 2.86. The Hall–Kier alpha value is -2.01. The molecule has 2 aromatic rings. The van der Waals surface area contributed by atoms with Gasteiger partial charge in [0.25, 0.3) is 0 Å². The normalized spacial score (nSPS) is 33.8. The lowest BCUT2D eigenvalue weighted by molar-refractivity contribution is 0.177. The zero-order chi connectivity index (χ0) is 26.9. The van der Waals surface area contributed by atoms with E-state index in [0.29, 0.717) is 4.98 Å². The van der Waals surface area contributed by atoms with Gasteiger partial charge in [-0.05, 0) is 50.0 Å². The monoisotopic (exact) mass is 301 g/mol. The molecule has 0 spiro atoms. The molecule has 5 heteroatoms. The molecule has 1 aromatic heterocycles. The molecule has 0 saturated carbocycles. The third-order valence-corrected chi connectivity index (χ3v) is 2.86. The minimum absolute atomic E-state index is 0.00361. The van der Waals surface area contributed by atoms with Crippen molar-refractivity contribution in [3.63, 3.8) is 0 Å². The van der Waals surface area contributed by atoms with Gasteiger partial charge in [-0.25, -0.2) is 4.79 Å². The molecular weight excluding hydrogens is 266 g/mol. The number of nitrogens with one attached hydrogen (secondary N) is 2. The van der Waals surface area contributed by atoms with Crippen molar-refractivity contribution in [3.8, 4) is 0 Å². The predicted octanol–water partition coefficient (Wildman–Crippen LogP) is 1.92. The number of rotatable bonds is 5. The Balaban J connectivity index is 2.21. The molecule has 1 fully saturated rings. The number of hydrogen-bond acceptors (Lipinski definition) is 3. The molecule has 0 radical (unpaired) electrons. The summed E-state index contributed by atoms with van der Waals surface area (Å²) in [6, 6.07) is -3.78. The Labute approximate surface area is 144 Å². The molecule has 0 bridgehead atoms. The number of cyclic esters (lactones) is 1. The van der Waals surface area contributed by atoms with E-state index >= 15 is 0 Å². The summed E-state index contributed by atoms with van der Waals surface area (Å²) in [5.74, 6) is 0. The maximum Gasteiger partial charge on any atom is 0.407 e. The van der Waals surface area contributed by atoms with Crippen LogP contribution in [0.5, 0.6) is 0 Å². The van der Waals surface area contributed by atoms with Crippen LogP contribution in [0.4, 0.5) is 4.79 Å². The number of amides is 1. The van der Waals surface area contributed by atoms with Gasteiger partial charge in [0.05, 0.1) is 11.5 Å². The van der Waals surface area contributed by atoms with Gasteiger partial charge in [0.1, 0.15) is 6.61 Å². The Morgan fingerprint density at radius 2 is 2.57 bits per heavy atom. The lowest BCUT2D eigenvalue weighted by Crippen LogP contribution is -2.28. The smallest absolute Gasteiger partial charge is 0.407 e. The van der Waals surface area contributed by atoms with Crippen LogP contribution >= 0.6 is 0 Å². The van der Waals surface area contributed by atoms with Gasteiger partial charge >= 0.3 is 6.09 Å². The van der Waals surface area contributed by atoms with Crippen molar-refractivity contribution < 1.29 is 28.8 Å². The summed E-state index contributed by atoms with van der Waals surface area (Å²) in [5, 5.41) is -0.123. The molecule has 1 aromatic carbocycles. The van der Waals surface area contributed by atoms with E-state index < -0.39 is 75.7 Å². The second-order valence-electron chi connectivity index (χ2n) is 4.42.